The van der Waals surface area contributed by atoms with Crippen molar-refractivity contribution in [1.82, 2.24) is 10.2 Å². The van der Waals surface area contributed by atoms with Crippen molar-refractivity contribution < 1.29 is 9.47 Å². The van der Waals surface area contributed by atoms with Crippen molar-refractivity contribution in [2.75, 3.05) is 46.9 Å². The van der Waals surface area contributed by atoms with Crippen LogP contribution in [0.3, 0.4) is 0 Å². The van der Waals surface area contributed by atoms with Crippen molar-refractivity contribution in [3.63, 3.8) is 0 Å². The van der Waals surface area contributed by atoms with Crippen LogP contribution in [0.25, 0.3) is 0 Å². The first-order chi connectivity index (χ1) is 10.2. The molecule has 0 saturated carbocycles. The molecule has 118 valence electrons. The minimum Gasteiger partial charge on any atom is -0.493 e. The minimum atomic E-state index is 0.685. The van der Waals surface area contributed by atoms with Gasteiger partial charge in [-0.25, -0.2) is 0 Å². The molecule has 4 nitrogen and oxygen atoms in total. The van der Waals surface area contributed by atoms with Crippen LogP contribution in [-0.4, -0.2) is 51.8 Å². The van der Waals surface area contributed by atoms with Gasteiger partial charge in [-0.15, -0.1) is 0 Å². The summed E-state index contributed by atoms with van der Waals surface area (Å²) in [5, 5.41) is 4.18. The Bertz CT molecular complexity index is 446. The van der Waals surface area contributed by atoms with Crippen LogP contribution in [0.2, 0.25) is 5.02 Å². The summed E-state index contributed by atoms with van der Waals surface area (Å²) in [5.41, 5.74) is 1.13. The normalized spacial score (nSPS) is 16.5. The molecular weight excluding hydrogens is 288 g/mol. The Morgan fingerprint density at radius 1 is 1.14 bits per heavy atom. The average molecular weight is 313 g/mol. The van der Waals surface area contributed by atoms with E-state index in [1.807, 2.05) is 12.1 Å². The van der Waals surface area contributed by atoms with Crippen LogP contribution >= 0.6 is 11.6 Å². The number of aryl methyl sites for hydroxylation is 1. The standard InChI is InChI=1S/C16H25ClN2O2/c1-20-15-11-13(14(17)12-16(15)21-2)5-3-8-19-9-4-6-18-7-10-19/h11-12,18H,3-10H2,1-2H3. The smallest absolute Gasteiger partial charge is 0.162 e. The number of methoxy groups -OCH3 is 2. The molecule has 0 aromatic heterocycles. The first-order valence-electron chi connectivity index (χ1n) is 7.58. The highest BCUT2D eigenvalue weighted by Crippen LogP contribution is 2.33. The topological polar surface area (TPSA) is 33.7 Å². The molecule has 2 rings (SSSR count). The number of rotatable bonds is 6. The highest BCUT2D eigenvalue weighted by molar-refractivity contribution is 6.31. The average Bonchev–Trinajstić information content (AvgIpc) is 2.77. The molecule has 1 aliphatic heterocycles. The number of halogens is 1. The van der Waals surface area contributed by atoms with Gasteiger partial charge in [0.2, 0.25) is 0 Å². The Labute approximate surface area is 132 Å². The summed E-state index contributed by atoms with van der Waals surface area (Å²) in [4.78, 5) is 2.52. The number of nitrogens with one attached hydrogen (secondary N) is 1. The minimum absolute atomic E-state index is 0.685. The van der Waals surface area contributed by atoms with Gasteiger partial charge in [0.1, 0.15) is 0 Å². The fourth-order valence-electron chi connectivity index (χ4n) is 2.71. The summed E-state index contributed by atoms with van der Waals surface area (Å²) < 4.78 is 10.6. The van der Waals surface area contributed by atoms with Crippen LogP contribution in [0.15, 0.2) is 12.1 Å². The molecule has 1 N–H and O–H groups in total. The molecule has 1 saturated heterocycles. The fraction of sp³-hybridized carbons (Fsp3) is 0.625. The largest absolute Gasteiger partial charge is 0.493 e. The summed E-state index contributed by atoms with van der Waals surface area (Å²) in [7, 11) is 3.28. The van der Waals surface area contributed by atoms with E-state index in [2.05, 4.69) is 10.2 Å². The molecule has 0 unspecified atom stereocenters. The molecule has 5 heteroatoms. The Morgan fingerprint density at radius 3 is 2.67 bits per heavy atom. The van der Waals surface area contributed by atoms with Crippen LogP contribution in [0.4, 0.5) is 0 Å². The van der Waals surface area contributed by atoms with Gasteiger partial charge < -0.3 is 19.7 Å². The van der Waals surface area contributed by atoms with Crippen molar-refractivity contribution in [3.05, 3.63) is 22.7 Å². The number of ether oxygens (including phenoxy) is 2. The van der Waals surface area contributed by atoms with E-state index in [0.29, 0.717) is 5.75 Å². The van der Waals surface area contributed by atoms with E-state index in [4.69, 9.17) is 21.1 Å². The zero-order chi connectivity index (χ0) is 15.1. The number of hydrogen-bond donors (Lipinski definition) is 1. The summed E-state index contributed by atoms with van der Waals surface area (Å²) in [5.74, 6) is 1.43. The van der Waals surface area contributed by atoms with Gasteiger partial charge >= 0.3 is 0 Å². The highest BCUT2D eigenvalue weighted by atomic mass is 35.5. The molecule has 0 aliphatic carbocycles. The van der Waals surface area contributed by atoms with E-state index in [1.54, 1.807) is 14.2 Å². The van der Waals surface area contributed by atoms with Crippen molar-refractivity contribution in [1.29, 1.82) is 0 Å². The molecular formula is C16H25ClN2O2. The Hall–Kier alpha value is -0.970. The zero-order valence-electron chi connectivity index (χ0n) is 13.0. The second-order valence-electron chi connectivity index (χ2n) is 5.35. The lowest BCUT2D eigenvalue weighted by Crippen LogP contribution is -2.29. The lowest BCUT2D eigenvalue weighted by Gasteiger charge is -2.19. The van der Waals surface area contributed by atoms with E-state index in [9.17, 15) is 0 Å². The first-order valence-corrected chi connectivity index (χ1v) is 7.96. The van der Waals surface area contributed by atoms with Gasteiger partial charge in [-0.05, 0) is 50.5 Å². The van der Waals surface area contributed by atoms with Gasteiger partial charge in [0, 0.05) is 24.2 Å². The van der Waals surface area contributed by atoms with Crippen LogP contribution < -0.4 is 14.8 Å². The fourth-order valence-corrected chi connectivity index (χ4v) is 2.95. The monoisotopic (exact) mass is 312 g/mol. The van der Waals surface area contributed by atoms with Crippen molar-refractivity contribution in [2.24, 2.45) is 0 Å². The SMILES string of the molecule is COc1cc(Cl)c(CCCN2CCCNCC2)cc1OC. The lowest BCUT2D eigenvalue weighted by atomic mass is 10.1. The predicted molar refractivity (Wildman–Crippen MR) is 86.8 cm³/mol. The first kappa shape index (κ1) is 16.4. The predicted octanol–water partition coefficient (Wildman–Crippen LogP) is 2.59. The van der Waals surface area contributed by atoms with Crippen LogP contribution in [-0.2, 0) is 6.42 Å². The maximum atomic E-state index is 6.33. The van der Waals surface area contributed by atoms with E-state index in [-0.39, 0.29) is 0 Å². The summed E-state index contributed by atoms with van der Waals surface area (Å²) >= 11 is 6.33. The van der Waals surface area contributed by atoms with Gasteiger partial charge in [0.05, 0.1) is 14.2 Å². The third kappa shape index (κ3) is 4.77. The molecule has 1 aromatic rings. The third-order valence-corrected chi connectivity index (χ3v) is 4.26. The summed E-state index contributed by atoms with van der Waals surface area (Å²) in [6.45, 7) is 5.67. The van der Waals surface area contributed by atoms with Gasteiger partial charge in [0.15, 0.2) is 11.5 Å². The van der Waals surface area contributed by atoms with Gasteiger partial charge in [0.25, 0.3) is 0 Å². The Morgan fingerprint density at radius 2 is 1.90 bits per heavy atom. The van der Waals surface area contributed by atoms with Gasteiger partial charge in [-0.2, -0.15) is 0 Å². The van der Waals surface area contributed by atoms with Crippen molar-refractivity contribution in [2.45, 2.75) is 19.3 Å². The number of benzene rings is 1. The molecule has 0 bridgehead atoms. The summed E-state index contributed by atoms with van der Waals surface area (Å²) in [6, 6.07) is 3.83. The van der Waals surface area contributed by atoms with Crippen LogP contribution in [0.1, 0.15) is 18.4 Å². The van der Waals surface area contributed by atoms with E-state index < -0.39 is 0 Å². The summed E-state index contributed by atoms with van der Waals surface area (Å²) in [6.07, 6.45) is 3.30. The van der Waals surface area contributed by atoms with Crippen LogP contribution in [0.5, 0.6) is 11.5 Å². The zero-order valence-corrected chi connectivity index (χ0v) is 13.7. The molecule has 0 atom stereocenters. The molecule has 1 aromatic carbocycles. The van der Waals surface area contributed by atoms with Gasteiger partial charge in [-0.3, -0.25) is 0 Å². The molecule has 1 aliphatic rings. The number of hydrogen-bond acceptors (Lipinski definition) is 4. The van der Waals surface area contributed by atoms with Gasteiger partial charge in [-0.1, -0.05) is 11.6 Å². The van der Waals surface area contributed by atoms with E-state index in [0.717, 1.165) is 55.4 Å². The number of nitrogens with zero attached hydrogens (tertiary/aromatic N) is 1. The Kier molecular flexibility index (Phi) is 6.61. The molecule has 1 fully saturated rings. The second-order valence-corrected chi connectivity index (χ2v) is 5.75. The van der Waals surface area contributed by atoms with E-state index in [1.165, 1.54) is 13.0 Å². The maximum Gasteiger partial charge on any atom is 0.162 e. The third-order valence-electron chi connectivity index (χ3n) is 3.91. The quantitative estimate of drug-likeness (QED) is 0.875. The van der Waals surface area contributed by atoms with E-state index >= 15 is 0 Å². The molecule has 0 spiro atoms. The molecule has 0 radical (unpaired) electrons. The molecule has 0 amide bonds. The molecule has 21 heavy (non-hydrogen) atoms. The molecule has 1 heterocycles. The van der Waals surface area contributed by atoms with Crippen molar-refractivity contribution >= 4 is 11.6 Å². The van der Waals surface area contributed by atoms with Crippen LogP contribution in [0, 0.1) is 0 Å². The van der Waals surface area contributed by atoms with Crippen molar-refractivity contribution in [3.8, 4) is 11.5 Å². The Balaban J connectivity index is 1.90. The maximum absolute atomic E-state index is 6.33. The second kappa shape index (κ2) is 8.47. The lowest BCUT2D eigenvalue weighted by molar-refractivity contribution is 0.289. The highest BCUT2D eigenvalue weighted by Gasteiger charge is 2.11.